The van der Waals surface area contributed by atoms with Gasteiger partial charge < -0.3 is 4.74 Å². The van der Waals surface area contributed by atoms with Crippen molar-refractivity contribution in [2.75, 3.05) is 20.3 Å². The Morgan fingerprint density at radius 3 is 3.07 bits per heavy atom. The lowest BCUT2D eigenvalue weighted by atomic mass is 10.2. The summed E-state index contributed by atoms with van der Waals surface area (Å²) >= 11 is 0. The summed E-state index contributed by atoms with van der Waals surface area (Å²) in [5, 5.41) is 16.0. The average Bonchev–Trinajstić information content (AvgIpc) is 2.60. The number of aryl methyl sites for hydroxylation is 1. The Kier molecular flexibility index (Phi) is 4.11. The summed E-state index contributed by atoms with van der Waals surface area (Å²) in [6.45, 7) is 1.25. The molecule has 0 amide bonds. The van der Waals surface area contributed by atoms with Gasteiger partial charge in [0.1, 0.15) is 6.04 Å². The predicted octanol–water partition coefficient (Wildman–Crippen LogP) is 0.221. The third-order valence-corrected chi connectivity index (χ3v) is 1.84. The summed E-state index contributed by atoms with van der Waals surface area (Å²) in [6, 6.07) is 1.86. The van der Waals surface area contributed by atoms with Crippen molar-refractivity contribution in [2.45, 2.75) is 6.04 Å². The van der Waals surface area contributed by atoms with E-state index in [0.717, 1.165) is 5.56 Å². The lowest BCUT2D eigenvalue weighted by molar-refractivity contribution is 0.198. The van der Waals surface area contributed by atoms with Gasteiger partial charge in [-0.1, -0.05) is 0 Å². The average molecular weight is 194 g/mol. The number of ether oxygens (including phenoxy) is 1. The highest BCUT2D eigenvalue weighted by atomic mass is 16.5. The SMILES string of the molecule is COCCNC(C#N)c1cnn(C)c1. The minimum Gasteiger partial charge on any atom is -0.383 e. The van der Waals surface area contributed by atoms with E-state index in [4.69, 9.17) is 10.00 Å². The van der Waals surface area contributed by atoms with Crippen LogP contribution in [-0.2, 0) is 11.8 Å². The predicted molar refractivity (Wildman–Crippen MR) is 51.4 cm³/mol. The second-order valence-corrected chi connectivity index (χ2v) is 2.96. The summed E-state index contributed by atoms with van der Waals surface area (Å²) in [7, 11) is 3.46. The Hall–Kier alpha value is -1.38. The topological polar surface area (TPSA) is 62.9 Å². The Morgan fingerprint density at radius 1 is 1.79 bits per heavy atom. The fourth-order valence-corrected chi connectivity index (χ4v) is 1.13. The highest BCUT2D eigenvalue weighted by Gasteiger charge is 2.10. The van der Waals surface area contributed by atoms with Crippen molar-refractivity contribution in [2.24, 2.45) is 7.05 Å². The van der Waals surface area contributed by atoms with Crippen LogP contribution in [0.5, 0.6) is 0 Å². The molecule has 5 nitrogen and oxygen atoms in total. The Morgan fingerprint density at radius 2 is 2.57 bits per heavy atom. The van der Waals surface area contributed by atoms with E-state index in [2.05, 4.69) is 16.5 Å². The van der Waals surface area contributed by atoms with Crippen LogP contribution in [0.15, 0.2) is 12.4 Å². The lowest BCUT2D eigenvalue weighted by Crippen LogP contribution is -2.23. The molecule has 0 spiro atoms. The van der Waals surface area contributed by atoms with Gasteiger partial charge in [0.2, 0.25) is 0 Å². The van der Waals surface area contributed by atoms with Crippen molar-refractivity contribution in [1.29, 1.82) is 5.26 Å². The molecule has 1 aromatic heterocycles. The van der Waals surface area contributed by atoms with Crippen LogP contribution in [0.25, 0.3) is 0 Å². The van der Waals surface area contributed by atoms with Crippen molar-refractivity contribution in [3.8, 4) is 6.07 Å². The van der Waals surface area contributed by atoms with Crippen LogP contribution in [0.1, 0.15) is 11.6 Å². The zero-order valence-electron chi connectivity index (χ0n) is 8.40. The number of hydrogen-bond acceptors (Lipinski definition) is 4. The summed E-state index contributed by atoms with van der Waals surface area (Å²) in [5.41, 5.74) is 0.881. The van der Waals surface area contributed by atoms with Gasteiger partial charge >= 0.3 is 0 Å². The van der Waals surface area contributed by atoms with Crippen LogP contribution in [0.4, 0.5) is 0 Å². The van der Waals surface area contributed by atoms with E-state index in [1.165, 1.54) is 0 Å². The van der Waals surface area contributed by atoms with E-state index in [-0.39, 0.29) is 6.04 Å². The largest absolute Gasteiger partial charge is 0.383 e. The fourth-order valence-electron chi connectivity index (χ4n) is 1.13. The summed E-state index contributed by atoms with van der Waals surface area (Å²) in [4.78, 5) is 0. The molecule has 1 N–H and O–H groups in total. The summed E-state index contributed by atoms with van der Waals surface area (Å²) in [5.74, 6) is 0. The number of nitrogens with zero attached hydrogens (tertiary/aromatic N) is 3. The molecule has 76 valence electrons. The molecule has 1 aromatic rings. The van der Waals surface area contributed by atoms with Crippen LogP contribution in [0.2, 0.25) is 0 Å². The smallest absolute Gasteiger partial charge is 0.124 e. The first-order chi connectivity index (χ1) is 6.77. The van der Waals surface area contributed by atoms with Crippen LogP contribution in [-0.4, -0.2) is 30.0 Å². The quantitative estimate of drug-likeness (QED) is 0.681. The van der Waals surface area contributed by atoms with Gasteiger partial charge in [-0.25, -0.2) is 0 Å². The molecule has 0 bridgehead atoms. The van der Waals surface area contributed by atoms with Gasteiger partial charge in [-0.2, -0.15) is 10.4 Å². The Balaban J connectivity index is 2.51. The second kappa shape index (κ2) is 5.37. The molecule has 1 rings (SSSR count). The Bertz CT molecular complexity index is 315. The van der Waals surface area contributed by atoms with Gasteiger partial charge in [0, 0.05) is 32.5 Å². The molecule has 14 heavy (non-hydrogen) atoms. The molecule has 0 saturated carbocycles. The molecule has 0 aliphatic rings. The van der Waals surface area contributed by atoms with Crippen molar-refractivity contribution in [1.82, 2.24) is 15.1 Å². The standard InChI is InChI=1S/C9H14N4O/c1-13-7-8(6-12-13)9(5-10)11-3-4-14-2/h6-7,9,11H,3-4H2,1-2H3. The normalized spacial score (nSPS) is 12.4. The molecule has 1 heterocycles. The number of nitriles is 1. The third-order valence-electron chi connectivity index (χ3n) is 1.84. The molecule has 1 atom stereocenters. The molecular weight excluding hydrogens is 180 g/mol. The van der Waals surface area contributed by atoms with Crippen molar-refractivity contribution >= 4 is 0 Å². The van der Waals surface area contributed by atoms with E-state index in [0.29, 0.717) is 13.2 Å². The van der Waals surface area contributed by atoms with Crippen LogP contribution >= 0.6 is 0 Å². The molecule has 0 radical (unpaired) electrons. The zero-order chi connectivity index (χ0) is 10.4. The highest BCUT2D eigenvalue weighted by Crippen LogP contribution is 2.09. The van der Waals surface area contributed by atoms with Crippen molar-refractivity contribution < 1.29 is 4.74 Å². The number of rotatable bonds is 5. The summed E-state index contributed by atoms with van der Waals surface area (Å²) < 4.78 is 6.56. The summed E-state index contributed by atoms with van der Waals surface area (Å²) in [6.07, 6.45) is 3.52. The number of methoxy groups -OCH3 is 1. The van der Waals surface area contributed by atoms with Gasteiger partial charge in [0.15, 0.2) is 0 Å². The third kappa shape index (κ3) is 2.83. The maximum absolute atomic E-state index is 8.90. The lowest BCUT2D eigenvalue weighted by Gasteiger charge is -2.08. The van der Waals surface area contributed by atoms with Gasteiger partial charge in [0.05, 0.1) is 18.9 Å². The maximum atomic E-state index is 8.90. The van der Waals surface area contributed by atoms with Crippen LogP contribution in [0, 0.1) is 11.3 Å². The van der Waals surface area contributed by atoms with Crippen molar-refractivity contribution in [3.05, 3.63) is 18.0 Å². The Labute approximate surface area is 83.3 Å². The van der Waals surface area contributed by atoms with E-state index in [1.807, 2.05) is 13.2 Å². The first-order valence-corrected chi connectivity index (χ1v) is 4.38. The van der Waals surface area contributed by atoms with Gasteiger partial charge in [-0.05, 0) is 0 Å². The van der Waals surface area contributed by atoms with Crippen LogP contribution < -0.4 is 5.32 Å². The van der Waals surface area contributed by atoms with Gasteiger partial charge in [0.25, 0.3) is 0 Å². The number of nitrogens with one attached hydrogen (secondary N) is 1. The molecule has 0 aliphatic heterocycles. The first kappa shape index (κ1) is 10.7. The van der Waals surface area contributed by atoms with Gasteiger partial charge in [-0.15, -0.1) is 0 Å². The first-order valence-electron chi connectivity index (χ1n) is 4.38. The van der Waals surface area contributed by atoms with Crippen molar-refractivity contribution in [3.63, 3.8) is 0 Å². The van der Waals surface area contributed by atoms with E-state index in [9.17, 15) is 0 Å². The van der Waals surface area contributed by atoms with E-state index in [1.54, 1.807) is 18.0 Å². The molecule has 0 saturated heterocycles. The molecular formula is C9H14N4O. The maximum Gasteiger partial charge on any atom is 0.124 e. The highest BCUT2D eigenvalue weighted by molar-refractivity contribution is 5.17. The number of hydrogen-bond donors (Lipinski definition) is 1. The minimum atomic E-state index is -0.307. The van der Waals surface area contributed by atoms with E-state index >= 15 is 0 Å². The molecule has 1 unspecified atom stereocenters. The molecule has 0 fully saturated rings. The minimum absolute atomic E-state index is 0.307. The molecule has 5 heteroatoms. The second-order valence-electron chi connectivity index (χ2n) is 2.96. The van der Waals surface area contributed by atoms with Gasteiger partial charge in [-0.3, -0.25) is 10.00 Å². The molecule has 0 aliphatic carbocycles. The monoisotopic (exact) mass is 194 g/mol. The van der Waals surface area contributed by atoms with Crippen LogP contribution in [0.3, 0.4) is 0 Å². The van der Waals surface area contributed by atoms with E-state index < -0.39 is 0 Å². The zero-order valence-corrected chi connectivity index (χ0v) is 8.40. The number of aromatic nitrogens is 2. The fraction of sp³-hybridized carbons (Fsp3) is 0.556. The molecule has 0 aromatic carbocycles.